The smallest absolute Gasteiger partial charge is 0.212 e. The van der Waals surface area contributed by atoms with Gasteiger partial charge < -0.3 is 14.0 Å². The summed E-state index contributed by atoms with van der Waals surface area (Å²) in [4.78, 5) is 19.9. The van der Waals surface area contributed by atoms with Crippen LogP contribution >= 0.6 is 12.4 Å². The van der Waals surface area contributed by atoms with Crippen LogP contribution in [0.5, 0.6) is 5.75 Å². The van der Waals surface area contributed by atoms with Crippen molar-refractivity contribution in [2.75, 3.05) is 26.2 Å². The number of fused-ring (bicyclic) bond motifs is 1. The molecule has 0 saturated heterocycles. The van der Waals surface area contributed by atoms with E-state index in [0.717, 1.165) is 29.9 Å². The lowest BCUT2D eigenvalue weighted by molar-refractivity contribution is 0.103. The highest BCUT2D eigenvalue weighted by Crippen LogP contribution is 2.17. The second-order valence-corrected chi connectivity index (χ2v) is 8.15. The molecule has 174 valence electrons. The Morgan fingerprint density at radius 3 is 2.28 bits per heavy atom. The van der Waals surface area contributed by atoms with Crippen LogP contribution in [0, 0.1) is 6.92 Å². The van der Waals surface area contributed by atoms with E-state index in [-0.39, 0.29) is 18.2 Å². The Bertz CT molecular complexity index is 961. The van der Waals surface area contributed by atoms with Crippen molar-refractivity contribution >= 4 is 23.8 Å². The third-order valence-electron chi connectivity index (χ3n) is 5.57. The van der Waals surface area contributed by atoms with Gasteiger partial charge in [0.1, 0.15) is 17.1 Å². The molecule has 3 rings (SSSR count). The average Bonchev–Trinajstić information content (AvgIpc) is 3.23. The van der Waals surface area contributed by atoms with Crippen molar-refractivity contribution in [2.24, 2.45) is 0 Å². The van der Waals surface area contributed by atoms with Crippen LogP contribution in [-0.2, 0) is 0 Å². The van der Waals surface area contributed by atoms with E-state index >= 15 is 0 Å². The Hall–Kier alpha value is -2.37. The zero-order valence-electron chi connectivity index (χ0n) is 19.5. The number of ketones is 1. The van der Waals surface area contributed by atoms with E-state index in [1.54, 1.807) is 6.20 Å². The molecular formula is C26H36ClN3O2. The Morgan fingerprint density at radius 2 is 1.66 bits per heavy atom. The maximum Gasteiger partial charge on any atom is 0.212 e. The van der Waals surface area contributed by atoms with Crippen LogP contribution < -0.4 is 4.74 Å². The molecular weight excluding hydrogens is 422 g/mol. The number of halogens is 1. The van der Waals surface area contributed by atoms with E-state index < -0.39 is 0 Å². The van der Waals surface area contributed by atoms with Gasteiger partial charge in [-0.3, -0.25) is 4.79 Å². The topological polar surface area (TPSA) is 46.8 Å². The van der Waals surface area contributed by atoms with Gasteiger partial charge in [-0.25, -0.2) is 4.98 Å². The highest BCUT2D eigenvalue weighted by molar-refractivity contribution is 6.08. The number of pyridine rings is 1. The molecule has 32 heavy (non-hydrogen) atoms. The van der Waals surface area contributed by atoms with Crippen LogP contribution in [0.25, 0.3) is 5.65 Å². The summed E-state index contributed by atoms with van der Waals surface area (Å²) in [6, 6.07) is 11.3. The van der Waals surface area contributed by atoms with Crippen LogP contribution in [0.15, 0.2) is 48.8 Å². The number of unbranched alkanes of at least 4 members (excludes halogenated alkanes) is 2. The van der Waals surface area contributed by atoms with Gasteiger partial charge in [-0.1, -0.05) is 32.8 Å². The molecule has 1 aromatic carbocycles. The highest BCUT2D eigenvalue weighted by atomic mass is 35.5. The number of hydrogen-bond acceptors (Lipinski definition) is 4. The molecule has 6 heteroatoms. The Labute approximate surface area is 198 Å². The third kappa shape index (κ3) is 7.07. The number of benzene rings is 1. The first kappa shape index (κ1) is 25.9. The summed E-state index contributed by atoms with van der Waals surface area (Å²) in [5.41, 5.74) is 2.95. The lowest BCUT2D eigenvalue weighted by atomic mass is 10.1. The molecule has 0 aliphatic carbocycles. The average molecular weight is 458 g/mol. The van der Waals surface area contributed by atoms with Crippen molar-refractivity contribution in [1.82, 2.24) is 14.3 Å². The molecule has 0 saturated carbocycles. The van der Waals surface area contributed by atoms with Gasteiger partial charge in [0.05, 0.1) is 6.61 Å². The fourth-order valence-corrected chi connectivity index (χ4v) is 3.69. The maximum atomic E-state index is 12.8. The van der Waals surface area contributed by atoms with Gasteiger partial charge in [0, 0.05) is 24.5 Å². The zero-order valence-corrected chi connectivity index (χ0v) is 20.4. The Balaban J connectivity index is 0.00000363. The molecule has 0 unspecified atom stereocenters. The SMILES string of the molecule is CCCCN(CCCC)CCCOc1ccc(C(=O)c2cn3cccc(C)c3n2)cc1.Cl. The van der Waals surface area contributed by atoms with Gasteiger partial charge in [0.25, 0.3) is 0 Å². The summed E-state index contributed by atoms with van der Waals surface area (Å²) in [7, 11) is 0. The summed E-state index contributed by atoms with van der Waals surface area (Å²) >= 11 is 0. The number of aryl methyl sites for hydroxylation is 1. The monoisotopic (exact) mass is 457 g/mol. The second-order valence-electron chi connectivity index (χ2n) is 8.15. The summed E-state index contributed by atoms with van der Waals surface area (Å²) in [6.07, 6.45) is 9.69. The molecule has 0 spiro atoms. The normalized spacial score (nSPS) is 11.0. The largest absolute Gasteiger partial charge is 0.494 e. The number of aromatic nitrogens is 2. The number of carbonyl (C=O) groups excluding carboxylic acids is 1. The molecule has 0 aliphatic heterocycles. The van der Waals surface area contributed by atoms with Crippen molar-refractivity contribution in [3.05, 3.63) is 65.6 Å². The van der Waals surface area contributed by atoms with Gasteiger partial charge in [-0.2, -0.15) is 0 Å². The fourth-order valence-electron chi connectivity index (χ4n) is 3.69. The van der Waals surface area contributed by atoms with Crippen molar-refractivity contribution in [2.45, 2.75) is 52.9 Å². The van der Waals surface area contributed by atoms with Gasteiger partial charge in [-0.15, -0.1) is 12.4 Å². The van der Waals surface area contributed by atoms with Gasteiger partial charge >= 0.3 is 0 Å². The fraction of sp³-hybridized carbons (Fsp3) is 0.462. The lowest BCUT2D eigenvalue weighted by Crippen LogP contribution is -2.28. The molecule has 0 bridgehead atoms. The van der Waals surface area contributed by atoms with E-state index in [0.29, 0.717) is 17.9 Å². The predicted octanol–water partition coefficient (Wildman–Crippen LogP) is 5.97. The second kappa shape index (κ2) is 13.2. The molecule has 0 fully saturated rings. The van der Waals surface area contributed by atoms with Crippen LogP contribution in [0.1, 0.15) is 67.6 Å². The van der Waals surface area contributed by atoms with Crippen molar-refractivity contribution in [1.29, 1.82) is 0 Å². The summed E-state index contributed by atoms with van der Waals surface area (Å²) < 4.78 is 7.81. The molecule has 2 heterocycles. The van der Waals surface area contributed by atoms with Gasteiger partial charge in [-0.05, 0) is 75.2 Å². The lowest BCUT2D eigenvalue weighted by Gasteiger charge is -2.21. The minimum absolute atomic E-state index is 0. The van der Waals surface area contributed by atoms with Crippen LogP contribution in [-0.4, -0.2) is 46.3 Å². The molecule has 2 aromatic heterocycles. The predicted molar refractivity (Wildman–Crippen MR) is 133 cm³/mol. The molecule has 5 nitrogen and oxygen atoms in total. The van der Waals surface area contributed by atoms with Gasteiger partial charge in [0.2, 0.25) is 5.78 Å². The number of carbonyl (C=O) groups is 1. The number of nitrogens with zero attached hydrogens (tertiary/aromatic N) is 3. The van der Waals surface area contributed by atoms with Crippen molar-refractivity contribution < 1.29 is 9.53 Å². The molecule has 0 radical (unpaired) electrons. The molecule has 0 atom stereocenters. The van der Waals surface area contributed by atoms with E-state index in [1.165, 1.54) is 38.8 Å². The van der Waals surface area contributed by atoms with Crippen LogP contribution in [0.4, 0.5) is 0 Å². The molecule has 0 aliphatic rings. The zero-order chi connectivity index (χ0) is 22.1. The number of imidazole rings is 1. The number of hydrogen-bond donors (Lipinski definition) is 0. The van der Waals surface area contributed by atoms with E-state index in [9.17, 15) is 4.79 Å². The van der Waals surface area contributed by atoms with E-state index in [1.807, 2.05) is 53.9 Å². The van der Waals surface area contributed by atoms with Crippen LogP contribution in [0.3, 0.4) is 0 Å². The van der Waals surface area contributed by atoms with Crippen molar-refractivity contribution in [3.63, 3.8) is 0 Å². The maximum absolute atomic E-state index is 12.8. The number of rotatable bonds is 13. The first-order chi connectivity index (χ1) is 15.1. The number of ether oxygens (including phenoxy) is 1. The Morgan fingerprint density at radius 1 is 1.00 bits per heavy atom. The standard InChI is InChI=1S/C26H35N3O2.ClH/c1-4-6-15-28(16-7-5-2)17-9-19-31-23-13-11-22(12-14-23)25(30)24-20-29-18-8-10-21(3)26(29)27-24;/h8,10-14,18,20H,4-7,9,15-17,19H2,1-3H3;1H. The quantitative estimate of drug-likeness (QED) is 0.234. The first-order valence-electron chi connectivity index (χ1n) is 11.6. The van der Waals surface area contributed by atoms with E-state index in [4.69, 9.17) is 4.74 Å². The molecule has 3 aromatic rings. The minimum atomic E-state index is -0.0721. The third-order valence-corrected chi connectivity index (χ3v) is 5.57. The summed E-state index contributed by atoms with van der Waals surface area (Å²) in [5, 5.41) is 0. The molecule has 0 amide bonds. The Kier molecular flexibility index (Phi) is 10.7. The molecule has 0 N–H and O–H groups in total. The van der Waals surface area contributed by atoms with Crippen molar-refractivity contribution in [3.8, 4) is 5.75 Å². The minimum Gasteiger partial charge on any atom is -0.494 e. The van der Waals surface area contributed by atoms with Crippen LogP contribution in [0.2, 0.25) is 0 Å². The summed E-state index contributed by atoms with van der Waals surface area (Å²) in [6.45, 7) is 10.6. The van der Waals surface area contributed by atoms with E-state index in [2.05, 4.69) is 23.7 Å². The highest BCUT2D eigenvalue weighted by Gasteiger charge is 2.14. The first-order valence-corrected chi connectivity index (χ1v) is 11.6. The summed E-state index contributed by atoms with van der Waals surface area (Å²) in [5.74, 6) is 0.730. The van der Waals surface area contributed by atoms with Gasteiger partial charge in [0.15, 0.2) is 0 Å².